The number of H-pyrrole nitrogens is 2. The lowest BCUT2D eigenvalue weighted by molar-refractivity contribution is -0.139. The van der Waals surface area contributed by atoms with E-state index in [2.05, 4.69) is 9.97 Å². The number of benzene rings is 2. The predicted molar refractivity (Wildman–Crippen MR) is 116 cm³/mol. The van der Waals surface area contributed by atoms with Crippen molar-refractivity contribution in [3.63, 3.8) is 0 Å². The molecule has 0 saturated heterocycles. The predicted octanol–water partition coefficient (Wildman–Crippen LogP) is 3.36. The lowest BCUT2D eigenvalue weighted by Gasteiger charge is -2.02. The van der Waals surface area contributed by atoms with Crippen LogP contribution in [0.4, 0.5) is 0 Å². The first-order valence-corrected chi connectivity index (χ1v) is 9.73. The summed E-state index contributed by atoms with van der Waals surface area (Å²) in [4.78, 5) is 54.1. The van der Waals surface area contributed by atoms with Gasteiger partial charge in [-0.1, -0.05) is 36.4 Å². The Morgan fingerprint density at radius 1 is 0.656 bits per heavy atom. The van der Waals surface area contributed by atoms with E-state index in [0.29, 0.717) is 11.1 Å². The van der Waals surface area contributed by atoms with Crippen molar-refractivity contribution in [3.8, 4) is 0 Å². The maximum absolute atomic E-state index is 12.3. The Labute approximate surface area is 181 Å². The van der Waals surface area contributed by atoms with Gasteiger partial charge in [0.1, 0.15) is 0 Å². The molecule has 0 bridgehead atoms. The molecule has 0 spiro atoms. The van der Waals surface area contributed by atoms with Gasteiger partial charge in [0.05, 0.1) is 0 Å². The molecular formula is C24H18N2O6. The van der Waals surface area contributed by atoms with Gasteiger partial charge in [-0.2, -0.15) is 0 Å². The van der Waals surface area contributed by atoms with Crippen LogP contribution in [-0.4, -0.2) is 46.7 Å². The van der Waals surface area contributed by atoms with Crippen LogP contribution in [0.1, 0.15) is 20.7 Å². The number of ketones is 2. The Morgan fingerprint density at radius 3 is 1.50 bits per heavy atom. The summed E-state index contributed by atoms with van der Waals surface area (Å²) in [6.07, 6.45) is 4.81. The maximum Gasteiger partial charge on any atom is 0.331 e. The highest BCUT2D eigenvalue weighted by atomic mass is 16.5. The molecule has 0 fully saturated rings. The third-order valence-electron chi connectivity index (χ3n) is 4.83. The molecule has 0 aliphatic rings. The van der Waals surface area contributed by atoms with Gasteiger partial charge in [0, 0.05) is 57.5 Å². The number of aromatic nitrogens is 2. The largest absolute Gasteiger partial charge is 0.454 e. The molecule has 8 heteroatoms. The lowest BCUT2D eigenvalue weighted by atomic mass is 10.1. The van der Waals surface area contributed by atoms with Gasteiger partial charge < -0.3 is 19.4 Å². The molecule has 0 aliphatic heterocycles. The number of nitrogens with one attached hydrogen (secondary N) is 2. The molecule has 0 atom stereocenters. The minimum atomic E-state index is -0.877. The fourth-order valence-corrected chi connectivity index (χ4v) is 3.27. The van der Waals surface area contributed by atoms with Crippen molar-refractivity contribution in [1.29, 1.82) is 0 Å². The highest BCUT2D eigenvalue weighted by Crippen LogP contribution is 2.19. The Morgan fingerprint density at radius 2 is 1.06 bits per heavy atom. The summed E-state index contributed by atoms with van der Waals surface area (Å²) in [5.41, 5.74) is 2.42. The van der Waals surface area contributed by atoms with Gasteiger partial charge in [-0.25, -0.2) is 9.59 Å². The van der Waals surface area contributed by atoms with E-state index in [1.54, 1.807) is 36.7 Å². The van der Waals surface area contributed by atoms with Crippen molar-refractivity contribution < 1.29 is 28.7 Å². The quantitative estimate of drug-likeness (QED) is 0.251. The second kappa shape index (κ2) is 9.13. The number of rotatable bonds is 8. The van der Waals surface area contributed by atoms with Crippen LogP contribution in [0.5, 0.6) is 0 Å². The average molecular weight is 430 g/mol. The maximum atomic E-state index is 12.3. The van der Waals surface area contributed by atoms with Gasteiger partial charge >= 0.3 is 11.9 Å². The smallest absolute Gasteiger partial charge is 0.331 e. The SMILES string of the molecule is O=C(C=CC(=O)OCC(=O)c1c[nH]c2ccccc12)OCC(=O)c1c[nH]c2ccccc12. The number of para-hydroxylation sites is 2. The van der Waals surface area contributed by atoms with E-state index in [0.717, 1.165) is 34.0 Å². The third kappa shape index (κ3) is 4.49. The first-order chi connectivity index (χ1) is 15.5. The number of Topliss-reactive ketones (excluding diaryl/α,β-unsaturated/α-hetero) is 2. The normalized spacial score (nSPS) is 11.1. The van der Waals surface area contributed by atoms with E-state index < -0.39 is 25.2 Å². The van der Waals surface area contributed by atoms with Gasteiger partial charge in [-0.15, -0.1) is 0 Å². The van der Waals surface area contributed by atoms with Gasteiger partial charge in [-0.3, -0.25) is 9.59 Å². The number of fused-ring (bicyclic) bond motifs is 2. The summed E-state index contributed by atoms with van der Waals surface area (Å²) in [6, 6.07) is 14.5. The molecule has 4 rings (SSSR count). The molecule has 0 amide bonds. The van der Waals surface area contributed by atoms with Gasteiger partial charge in [0.15, 0.2) is 13.2 Å². The molecule has 4 aromatic rings. The van der Waals surface area contributed by atoms with Crippen molar-refractivity contribution in [2.45, 2.75) is 0 Å². The number of hydrogen-bond donors (Lipinski definition) is 2. The van der Waals surface area contributed by atoms with Gasteiger partial charge in [0.25, 0.3) is 0 Å². The first kappa shape index (κ1) is 20.8. The number of esters is 2. The van der Waals surface area contributed by atoms with Crippen LogP contribution >= 0.6 is 0 Å². The number of carbonyl (C=O) groups is 4. The minimum Gasteiger partial charge on any atom is -0.454 e. The molecule has 32 heavy (non-hydrogen) atoms. The lowest BCUT2D eigenvalue weighted by Crippen LogP contribution is -2.14. The fraction of sp³-hybridized carbons (Fsp3) is 0.0833. The third-order valence-corrected chi connectivity index (χ3v) is 4.83. The van der Waals surface area contributed by atoms with Crippen LogP contribution in [0.2, 0.25) is 0 Å². The van der Waals surface area contributed by atoms with Gasteiger partial charge in [0.2, 0.25) is 11.6 Å². The Kier molecular flexibility index (Phi) is 5.94. The summed E-state index contributed by atoms with van der Waals surface area (Å²) >= 11 is 0. The number of ether oxygens (including phenoxy) is 2. The van der Waals surface area contributed by atoms with E-state index in [-0.39, 0.29) is 11.6 Å². The molecule has 2 N–H and O–H groups in total. The molecule has 0 radical (unpaired) electrons. The topological polar surface area (TPSA) is 118 Å². The second-order valence-electron chi connectivity index (χ2n) is 6.89. The summed E-state index contributed by atoms with van der Waals surface area (Å²) in [5.74, 6) is -2.51. The highest BCUT2D eigenvalue weighted by Gasteiger charge is 2.15. The van der Waals surface area contributed by atoms with Crippen molar-refractivity contribution in [3.05, 3.63) is 84.2 Å². The Balaban J connectivity index is 1.25. The molecule has 2 heterocycles. The fourth-order valence-electron chi connectivity index (χ4n) is 3.27. The van der Waals surface area contributed by atoms with Crippen LogP contribution in [0, 0.1) is 0 Å². The zero-order chi connectivity index (χ0) is 22.5. The average Bonchev–Trinajstić information content (AvgIpc) is 3.44. The van der Waals surface area contributed by atoms with Crippen LogP contribution in [-0.2, 0) is 19.1 Å². The monoisotopic (exact) mass is 430 g/mol. The first-order valence-electron chi connectivity index (χ1n) is 9.73. The van der Waals surface area contributed by atoms with E-state index in [9.17, 15) is 19.2 Å². The molecule has 0 aliphatic carbocycles. The molecule has 2 aromatic carbocycles. The van der Waals surface area contributed by atoms with E-state index in [1.165, 1.54) is 0 Å². The van der Waals surface area contributed by atoms with Crippen molar-refractivity contribution in [2.75, 3.05) is 13.2 Å². The number of hydrogen-bond acceptors (Lipinski definition) is 6. The molecule has 8 nitrogen and oxygen atoms in total. The molecule has 0 unspecified atom stereocenters. The van der Waals surface area contributed by atoms with E-state index in [1.807, 2.05) is 24.3 Å². The Hall–Kier alpha value is -4.46. The van der Waals surface area contributed by atoms with Crippen molar-refractivity contribution in [1.82, 2.24) is 9.97 Å². The van der Waals surface area contributed by atoms with Crippen molar-refractivity contribution in [2.24, 2.45) is 0 Å². The summed E-state index contributed by atoms with van der Waals surface area (Å²) in [5, 5.41) is 1.46. The summed E-state index contributed by atoms with van der Waals surface area (Å²) in [6.45, 7) is -0.946. The van der Waals surface area contributed by atoms with Crippen molar-refractivity contribution >= 4 is 45.3 Å². The van der Waals surface area contributed by atoms with Crippen LogP contribution < -0.4 is 0 Å². The molecule has 160 valence electrons. The second-order valence-corrected chi connectivity index (χ2v) is 6.89. The number of carbonyl (C=O) groups excluding carboxylic acids is 4. The minimum absolute atomic E-state index is 0.379. The standard InChI is InChI=1S/C24H18N2O6/c27-21(17-11-25-19-7-3-1-5-15(17)19)13-31-23(29)9-10-24(30)32-14-22(28)18-12-26-20-8-4-2-6-16(18)20/h1-12,25-26H,13-14H2. The summed E-state index contributed by atoms with van der Waals surface area (Å²) in [7, 11) is 0. The molecular weight excluding hydrogens is 412 g/mol. The van der Waals surface area contributed by atoms with E-state index >= 15 is 0 Å². The van der Waals surface area contributed by atoms with Crippen LogP contribution in [0.3, 0.4) is 0 Å². The Bertz CT molecular complexity index is 1260. The zero-order valence-electron chi connectivity index (χ0n) is 16.8. The summed E-state index contributed by atoms with van der Waals surface area (Å²) < 4.78 is 9.78. The highest BCUT2D eigenvalue weighted by molar-refractivity contribution is 6.10. The van der Waals surface area contributed by atoms with Crippen LogP contribution in [0.25, 0.3) is 21.8 Å². The molecule has 0 saturated carbocycles. The molecule has 2 aromatic heterocycles. The zero-order valence-corrected chi connectivity index (χ0v) is 16.8. The number of aromatic amines is 2. The van der Waals surface area contributed by atoms with E-state index in [4.69, 9.17) is 9.47 Å². The van der Waals surface area contributed by atoms with Crippen LogP contribution in [0.15, 0.2) is 73.1 Å². The van der Waals surface area contributed by atoms with Gasteiger partial charge in [-0.05, 0) is 12.1 Å².